The zero-order valence-electron chi connectivity index (χ0n) is 10.7. The lowest BCUT2D eigenvalue weighted by molar-refractivity contribution is -0.128. The van der Waals surface area contributed by atoms with Crippen molar-refractivity contribution >= 4 is 5.91 Å². The predicted octanol–water partition coefficient (Wildman–Crippen LogP) is 1.41. The van der Waals surface area contributed by atoms with Crippen LogP contribution in [0, 0.1) is 17.8 Å². The van der Waals surface area contributed by atoms with Crippen LogP contribution in [0.4, 0.5) is 0 Å². The average molecular weight is 234 g/mol. The summed E-state index contributed by atoms with van der Waals surface area (Å²) >= 11 is 0. The Morgan fingerprint density at radius 3 is 2.76 bits per heavy atom. The van der Waals surface area contributed by atoms with Crippen molar-refractivity contribution in [2.24, 2.45) is 17.8 Å². The van der Waals surface area contributed by atoms with Crippen LogP contribution in [0.5, 0.6) is 0 Å². The second-order valence-corrected chi connectivity index (χ2v) is 6.00. The molecule has 1 aliphatic heterocycles. The van der Waals surface area contributed by atoms with Crippen LogP contribution < -0.4 is 5.32 Å². The molecule has 1 heterocycles. The van der Waals surface area contributed by atoms with Gasteiger partial charge in [0.15, 0.2) is 0 Å². The van der Waals surface area contributed by atoms with Crippen LogP contribution in [0.3, 0.4) is 0 Å². The third kappa shape index (κ3) is 1.90. The Hall–Kier alpha value is -0.830. The van der Waals surface area contributed by atoms with E-state index in [4.69, 9.17) is 0 Å². The molecule has 0 aromatic rings. The summed E-state index contributed by atoms with van der Waals surface area (Å²) in [7, 11) is 1.90. The van der Waals surface area contributed by atoms with Crippen molar-refractivity contribution in [1.29, 1.82) is 0 Å². The molecule has 1 N–H and O–H groups in total. The van der Waals surface area contributed by atoms with Crippen molar-refractivity contribution in [2.75, 3.05) is 13.6 Å². The van der Waals surface area contributed by atoms with Crippen LogP contribution in [-0.4, -0.2) is 36.5 Å². The van der Waals surface area contributed by atoms with Crippen LogP contribution in [0.25, 0.3) is 0 Å². The molecule has 2 fully saturated rings. The van der Waals surface area contributed by atoms with E-state index in [1.165, 1.54) is 12.8 Å². The Kier molecular flexibility index (Phi) is 2.74. The number of likely N-dealkylation sites (N-methyl/N-ethyl adjacent to an activating group) is 1. The number of allylic oxidation sites excluding steroid dienone is 2. The average Bonchev–Trinajstić information content (AvgIpc) is 3.00. The molecule has 3 aliphatic rings. The molecule has 0 aromatic heterocycles. The molecule has 0 radical (unpaired) electrons. The van der Waals surface area contributed by atoms with Crippen LogP contribution in [0.2, 0.25) is 0 Å². The molecular weight excluding hydrogens is 212 g/mol. The first kappa shape index (κ1) is 11.3. The van der Waals surface area contributed by atoms with E-state index in [0.29, 0.717) is 6.04 Å². The van der Waals surface area contributed by atoms with Gasteiger partial charge in [-0.3, -0.25) is 4.79 Å². The normalized spacial score (nSPS) is 41.5. The molecule has 2 bridgehead atoms. The first-order chi connectivity index (χ1) is 8.15. The Bertz CT molecular complexity index is 352. The first-order valence-corrected chi connectivity index (χ1v) is 6.84. The van der Waals surface area contributed by atoms with E-state index < -0.39 is 0 Å². The van der Waals surface area contributed by atoms with Crippen molar-refractivity contribution in [2.45, 2.75) is 38.3 Å². The van der Waals surface area contributed by atoms with Gasteiger partial charge in [0, 0.05) is 19.6 Å². The Morgan fingerprint density at radius 1 is 1.41 bits per heavy atom. The van der Waals surface area contributed by atoms with Gasteiger partial charge in [-0.25, -0.2) is 0 Å². The molecule has 2 aliphatic carbocycles. The maximum Gasteiger partial charge on any atom is 0.239 e. The molecule has 5 atom stereocenters. The fourth-order valence-electron chi connectivity index (χ4n) is 3.82. The van der Waals surface area contributed by atoms with E-state index in [0.717, 1.165) is 30.7 Å². The minimum atomic E-state index is 0.0677. The van der Waals surface area contributed by atoms with Gasteiger partial charge >= 0.3 is 0 Å². The fourth-order valence-corrected chi connectivity index (χ4v) is 3.82. The molecule has 0 aromatic carbocycles. The molecule has 17 heavy (non-hydrogen) atoms. The number of hydrogen-bond acceptors (Lipinski definition) is 2. The standard InChI is InChI=1S/C14H22N2O/c1-9(12-8-10-3-4-11(12)7-10)15-13-5-6-16(2)14(13)17/h3-4,9-13,15H,5-8H2,1-2H3. The van der Waals surface area contributed by atoms with Gasteiger partial charge in [-0.2, -0.15) is 0 Å². The van der Waals surface area contributed by atoms with Crippen molar-refractivity contribution in [3.8, 4) is 0 Å². The first-order valence-electron chi connectivity index (χ1n) is 6.84. The molecule has 0 spiro atoms. The van der Waals surface area contributed by atoms with Gasteiger partial charge in [0.05, 0.1) is 6.04 Å². The Morgan fingerprint density at radius 2 is 2.24 bits per heavy atom. The largest absolute Gasteiger partial charge is 0.344 e. The number of carbonyl (C=O) groups excluding carboxylic acids is 1. The highest BCUT2D eigenvalue weighted by Crippen LogP contribution is 2.44. The summed E-state index contributed by atoms with van der Waals surface area (Å²) in [5.74, 6) is 2.59. The van der Waals surface area contributed by atoms with Crippen molar-refractivity contribution < 1.29 is 4.79 Å². The van der Waals surface area contributed by atoms with Crippen molar-refractivity contribution in [3.05, 3.63) is 12.2 Å². The summed E-state index contributed by atoms with van der Waals surface area (Å²) in [5, 5.41) is 3.56. The fraction of sp³-hybridized carbons (Fsp3) is 0.786. The highest BCUT2D eigenvalue weighted by Gasteiger charge is 2.40. The van der Waals surface area contributed by atoms with Gasteiger partial charge in [-0.05, 0) is 43.9 Å². The molecular formula is C14H22N2O. The Balaban J connectivity index is 1.59. The van der Waals surface area contributed by atoms with Crippen LogP contribution in [0.15, 0.2) is 12.2 Å². The summed E-state index contributed by atoms with van der Waals surface area (Å²) in [6.07, 6.45) is 8.39. The molecule has 1 amide bonds. The van der Waals surface area contributed by atoms with Gasteiger partial charge < -0.3 is 10.2 Å². The number of rotatable bonds is 3. The lowest BCUT2D eigenvalue weighted by atomic mass is 9.87. The third-order valence-electron chi connectivity index (χ3n) is 4.86. The third-order valence-corrected chi connectivity index (χ3v) is 4.86. The molecule has 3 heteroatoms. The van der Waals surface area contributed by atoms with Crippen molar-refractivity contribution in [3.63, 3.8) is 0 Å². The number of nitrogens with zero attached hydrogens (tertiary/aromatic N) is 1. The summed E-state index contributed by atoms with van der Waals surface area (Å²) in [6.45, 7) is 3.16. The van der Waals surface area contributed by atoms with E-state index in [1.54, 1.807) is 0 Å². The van der Waals surface area contributed by atoms with Crippen molar-refractivity contribution in [1.82, 2.24) is 10.2 Å². The topological polar surface area (TPSA) is 32.3 Å². The van der Waals surface area contributed by atoms with Crippen LogP contribution in [-0.2, 0) is 4.79 Å². The zero-order chi connectivity index (χ0) is 12.0. The number of amides is 1. The van der Waals surface area contributed by atoms with E-state index in [1.807, 2.05) is 11.9 Å². The van der Waals surface area contributed by atoms with Gasteiger partial charge in [0.1, 0.15) is 0 Å². The second-order valence-electron chi connectivity index (χ2n) is 6.00. The van der Waals surface area contributed by atoms with Gasteiger partial charge in [0.25, 0.3) is 0 Å². The molecule has 94 valence electrons. The maximum atomic E-state index is 11.9. The number of likely N-dealkylation sites (tertiary alicyclic amines) is 1. The smallest absolute Gasteiger partial charge is 0.239 e. The SMILES string of the molecule is CC(NC1CCN(C)C1=O)C1CC2C=CC1C2. The Labute approximate surface area is 103 Å². The highest BCUT2D eigenvalue weighted by atomic mass is 16.2. The predicted molar refractivity (Wildman–Crippen MR) is 67.5 cm³/mol. The lowest BCUT2D eigenvalue weighted by Crippen LogP contribution is -2.45. The summed E-state index contributed by atoms with van der Waals surface area (Å²) < 4.78 is 0. The maximum absolute atomic E-state index is 11.9. The summed E-state index contributed by atoms with van der Waals surface area (Å²) in [5.41, 5.74) is 0. The highest BCUT2D eigenvalue weighted by molar-refractivity contribution is 5.83. The van der Waals surface area contributed by atoms with E-state index in [2.05, 4.69) is 24.4 Å². The van der Waals surface area contributed by atoms with Gasteiger partial charge in [-0.15, -0.1) is 0 Å². The van der Waals surface area contributed by atoms with E-state index in [9.17, 15) is 4.79 Å². The quantitative estimate of drug-likeness (QED) is 0.749. The second kappa shape index (κ2) is 4.13. The summed E-state index contributed by atoms with van der Waals surface area (Å²) in [6, 6.07) is 0.536. The minimum Gasteiger partial charge on any atom is -0.344 e. The molecule has 1 saturated carbocycles. The van der Waals surface area contributed by atoms with Gasteiger partial charge in [0.2, 0.25) is 5.91 Å². The van der Waals surface area contributed by atoms with E-state index in [-0.39, 0.29) is 11.9 Å². The monoisotopic (exact) mass is 234 g/mol. The van der Waals surface area contributed by atoms with Crippen LogP contribution >= 0.6 is 0 Å². The van der Waals surface area contributed by atoms with E-state index >= 15 is 0 Å². The number of fused-ring (bicyclic) bond motifs is 2. The number of hydrogen-bond donors (Lipinski definition) is 1. The molecule has 1 saturated heterocycles. The molecule has 3 rings (SSSR count). The minimum absolute atomic E-state index is 0.0677. The van der Waals surface area contributed by atoms with Crippen LogP contribution in [0.1, 0.15) is 26.2 Å². The summed E-state index contributed by atoms with van der Waals surface area (Å²) in [4.78, 5) is 13.7. The molecule has 5 unspecified atom stereocenters. The number of carbonyl (C=O) groups is 1. The lowest BCUT2D eigenvalue weighted by Gasteiger charge is -2.28. The number of nitrogens with one attached hydrogen (secondary N) is 1. The van der Waals surface area contributed by atoms with Gasteiger partial charge in [-0.1, -0.05) is 12.2 Å². The molecule has 3 nitrogen and oxygen atoms in total. The zero-order valence-corrected chi connectivity index (χ0v) is 10.7.